The van der Waals surface area contributed by atoms with Crippen LogP contribution in [0.4, 0.5) is 0 Å². The van der Waals surface area contributed by atoms with Gasteiger partial charge in [0, 0.05) is 24.7 Å². The largest absolute Gasteiger partial charge is 0.508 e. The van der Waals surface area contributed by atoms with Crippen molar-refractivity contribution in [2.45, 2.75) is 71.3 Å². The van der Waals surface area contributed by atoms with Crippen molar-refractivity contribution < 1.29 is 10.2 Å². The van der Waals surface area contributed by atoms with Gasteiger partial charge < -0.3 is 10.2 Å². The second-order valence-corrected chi connectivity index (χ2v) is 6.60. The van der Waals surface area contributed by atoms with Gasteiger partial charge in [-0.3, -0.25) is 4.90 Å². The molecule has 1 aliphatic rings. The molecule has 0 saturated heterocycles. The van der Waals surface area contributed by atoms with Crippen LogP contribution in [-0.2, 0) is 13.0 Å². The van der Waals surface area contributed by atoms with Crippen LogP contribution in [0.2, 0.25) is 0 Å². The molecule has 0 saturated carbocycles. The lowest BCUT2D eigenvalue weighted by Crippen LogP contribution is -2.31. The zero-order chi connectivity index (χ0) is 15.8. The van der Waals surface area contributed by atoms with E-state index in [0.29, 0.717) is 0 Å². The van der Waals surface area contributed by atoms with Crippen molar-refractivity contribution in [3.05, 3.63) is 23.3 Å². The van der Waals surface area contributed by atoms with Crippen molar-refractivity contribution in [2.24, 2.45) is 0 Å². The predicted octanol–water partition coefficient (Wildman–Crippen LogP) is 5.02. The Hall–Kier alpha value is -0.930. The Morgan fingerprint density at radius 1 is 0.957 bits per heavy atom. The van der Waals surface area contributed by atoms with Gasteiger partial charge in [-0.15, -0.1) is 12.4 Å². The summed E-state index contributed by atoms with van der Waals surface area (Å²) in [5.74, 6) is 0.420. The molecule has 4 heteroatoms. The van der Waals surface area contributed by atoms with Crippen molar-refractivity contribution in [1.82, 2.24) is 4.90 Å². The Labute approximate surface area is 147 Å². The molecule has 0 unspecified atom stereocenters. The number of aromatic hydroxyl groups is 2. The molecule has 0 aromatic heterocycles. The zero-order valence-corrected chi connectivity index (χ0v) is 15.2. The van der Waals surface area contributed by atoms with Gasteiger partial charge in [-0.05, 0) is 31.0 Å². The summed E-state index contributed by atoms with van der Waals surface area (Å²) in [4.78, 5) is 2.43. The number of hydrogen-bond acceptors (Lipinski definition) is 3. The average molecular weight is 342 g/mol. The van der Waals surface area contributed by atoms with Gasteiger partial charge in [0.15, 0.2) is 0 Å². The lowest BCUT2D eigenvalue weighted by molar-refractivity contribution is 0.243. The summed E-state index contributed by atoms with van der Waals surface area (Å²) in [6.45, 7) is 5.23. The van der Waals surface area contributed by atoms with E-state index >= 15 is 0 Å². The fraction of sp³-hybridized carbons (Fsp3) is 0.684. The molecule has 0 aliphatic carbocycles. The first-order chi connectivity index (χ1) is 10.7. The van der Waals surface area contributed by atoms with E-state index in [2.05, 4.69) is 11.8 Å². The number of unbranched alkanes of at least 4 members (excludes halogenated alkanes) is 7. The molecule has 132 valence electrons. The summed E-state index contributed by atoms with van der Waals surface area (Å²) in [6, 6.07) is 3.25. The Bertz CT molecular complexity index is 465. The van der Waals surface area contributed by atoms with E-state index in [4.69, 9.17) is 0 Å². The molecule has 0 radical (unpaired) electrons. The van der Waals surface area contributed by atoms with Gasteiger partial charge in [0.05, 0.1) is 0 Å². The molecule has 0 bridgehead atoms. The molecule has 1 aromatic rings. The fourth-order valence-corrected chi connectivity index (χ4v) is 3.35. The van der Waals surface area contributed by atoms with Gasteiger partial charge in [0.2, 0.25) is 0 Å². The van der Waals surface area contributed by atoms with Crippen LogP contribution in [-0.4, -0.2) is 28.2 Å². The van der Waals surface area contributed by atoms with Gasteiger partial charge in [0.1, 0.15) is 11.5 Å². The smallest absolute Gasteiger partial charge is 0.124 e. The molecule has 2 rings (SSSR count). The van der Waals surface area contributed by atoms with Gasteiger partial charge >= 0.3 is 0 Å². The number of nitrogens with zero attached hydrogens (tertiary/aromatic N) is 1. The highest BCUT2D eigenvalue weighted by Gasteiger charge is 2.19. The molecule has 1 aliphatic heterocycles. The number of fused-ring (bicyclic) bond motifs is 1. The molecule has 1 heterocycles. The number of benzene rings is 1. The average Bonchev–Trinajstić information content (AvgIpc) is 2.50. The summed E-state index contributed by atoms with van der Waals surface area (Å²) >= 11 is 0. The summed E-state index contributed by atoms with van der Waals surface area (Å²) in [6.07, 6.45) is 11.7. The fourth-order valence-electron chi connectivity index (χ4n) is 3.35. The highest BCUT2D eigenvalue weighted by Crippen LogP contribution is 2.31. The molecule has 3 nitrogen and oxygen atoms in total. The van der Waals surface area contributed by atoms with Crippen LogP contribution in [0, 0.1) is 0 Å². The number of phenolic OH excluding ortho intramolecular Hbond substituents is 2. The van der Waals surface area contributed by atoms with Crippen molar-refractivity contribution in [1.29, 1.82) is 0 Å². The van der Waals surface area contributed by atoms with Crippen LogP contribution in [0.1, 0.15) is 69.4 Å². The molecular weight excluding hydrogens is 310 g/mol. The molecule has 2 N–H and O–H groups in total. The van der Waals surface area contributed by atoms with Crippen LogP contribution in [0.5, 0.6) is 11.5 Å². The first-order valence-corrected chi connectivity index (χ1v) is 8.96. The van der Waals surface area contributed by atoms with E-state index in [1.54, 1.807) is 6.07 Å². The van der Waals surface area contributed by atoms with E-state index in [0.717, 1.165) is 37.2 Å². The topological polar surface area (TPSA) is 43.7 Å². The lowest BCUT2D eigenvalue weighted by atomic mass is 9.98. The lowest BCUT2D eigenvalue weighted by Gasteiger charge is -2.29. The molecular formula is C19H32ClNO2. The van der Waals surface area contributed by atoms with E-state index in [-0.39, 0.29) is 23.9 Å². The Morgan fingerprint density at radius 3 is 2.30 bits per heavy atom. The third kappa shape index (κ3) is 6.60. The quantitative estimate of drug-likeness (QED) is 0.620. The summed E-state index contributed by atoms with van der Waals surface area (Å²) in [7, 11) is 0. The van der Waals surface area contributed by atoms with Crippen molar-refractivity contribution in [2.75, 3.05) is 13.1 Å². The molecule has 0 fully saturated rings. The van der Waals surface area contributed by atoms with Gasteiger partial charge in [-0.2, -0.15) is 0 Å². The van der Waals surface area contributed by atoms with E-state index < -0.39 is 0 Å². The third-order valence-corrected chi connectivity index (χ3v) is 4.71. The maximum atomic E-state index is 9.98. The van der Waals surface area contributed by atoms with Crippen LogP contribution < -0.4 is 0 Å². The predicted molar refractivity (Wildman–Crippen MR) is 98.6 cm³/mol. The first-order valence-electron chi connectivity index (χ1n) is 8.96. The zero-order valence-electron chi connectivity index (χ0n) is 14.4. The third-order valence-electron chi connectivity index (χ3n) is 4.71. The molecule has 1 aromatic carbocycles. The van der Waals surface area contributed by atoms with Gasteiger partial charge in [0.25, 0.3) is 0 Å². The maximum Gasteiger partial charge on any atom is 0.124 e. The van der Waals surface area contributed by atoms with E-state index in [1.165, 1.54) is 57.4 Å². The van der Waals surface area contributed by atoms with Crippen molar-refractivity contribution in [3.63, 3.8) is 0 Å². The molecule has 0 amide bonds. The standard InChI is InChI=1S/C19H31NO2.ClH/c1-2-3-4-5-6-7-8-9-11-20-12-10-16-13-17(21)14-19(22)18(16)15-20;/h13-14,21-22H,2-12,15H2,1H3;1H. The summed E-state index contributed by atoms with van der Waals surface area (Å²) in [5.41, 5.74) is 2.10. The second kappa shape index (κ2) is 10.8. The summed E-state index contributed by atoms with van der Waals surface area (Å²) in [5, 5.41) is 19.5. The van der Waals surface area contributed by atoms with E-state index in [9.17, 15) is 10.2 Å². The van der Waals surface area contributed by atoms with Crippen LogP contribution in [0.3, 0.4) is 0 Å². The minimum atomic E-state index is 0. The minimum absolute atomic E-state index is 0. The van der Waals surface area contributed by atoms with Crippen molar-refractivity contribution in [3.8, 4) is 11.5 Å². The number of rotatable bonds is 9. The molecule has 0 spiro atoms. The highest BCUT2D eigenvalue weighted by molar-refractivity contribution is 5.85. The molecule has 23 heavy (non-hydrogen) atoms. The second-order valence-electron chi connectivity index (χ2n) is 6.60. The normalized spacial score (nSPS) is 14.3. The van der Waals surface area contributed by atoms with E-state index in [1.807, 2.05) is 0 Å². The first kappa shape index (κ1) is 20.1. The Morgan fingerprint density at radius 2 is 1.61 bits per heavy atom. The van der Waals surface area contributed by atoms with Crippen LogP contribution in [0.25, 0.3) is 0 Å². The van der Waals surface area contributed by atoms with Crippen LogP contribution in [0.15, 0.2) is 12.1 Å². The van der Waals surface area contributed by atoms with Crippen molar-refractivity contribution >= 4 is 12.4 Å². The highest BCUT2D eigenvalue weighted by atomic mass is 35.5. The minimum Gasteiger partial charge on any atom is -0.508 e. The Kier molecular flexibility index (Phi) is 9.42. The number of halogens is 1. The monoisotopic (exact) mass is 341 g/mol. The van der Waals surface area contributed by atoms with Gasteiger partial charge in [-0.1, -0.05) is 51.9 Å². The Balaban J connectivity index is 0.00000264. The SMILES string of the molecule is CCCCCCCCCCN1CCc2cc(O)cc(O)c2C1.Cl. The van der Waals surface area contributed by atoms with Crippen LogP contribution >= 0.6 is 12.4 Å². The maximum absolute atomic E-state index is 9.98. The number of hydrogen-bond donors (Lipinski definition) is 2. The van der Waals surface area contributed by atoms with Gasteiger partial charge in [-0.25, -0.2) is 0 Å². The number of phenols is 2. The summed E-state index contributed by atoms with van der Waals surface area (Å²) < 4.78 is 0. The molecule has 0 atom stereocenters.